The third kappa shape index (κ3) is 4.18. The first-order valence-corrected chi connectivity index (χ1v) is 10.0. The van der Waals surface area contributed by atoms with Gasteiger partial charge >= 0.3 is 5.97 Å². The first kappa shape index (κ1) is 20.7. The minimum atomic E-state index is -0.536. The van der Waals surface area contributed by atoms with Crippen LogP contribution in [0.2, 0.25) is 5.02 Å². The molecule has 0 radical (unpaired) electrons. The van der Waals surface area contributed by atoms with Crippen molar-refractivity contribution in [3.8, 4) is 11.5 Å². The Morgan fingerprint density at radius 3 is 2.48 bits per heavy atom. The van der Waals surface area contributed by atoms with Crippen LogP contribution in [0, 0.1) is 6.92 Å². The Hall–Kier alpha value is -3.57. The number of ketones is 1. The fraction of sp³-hybridized carbons (Fsp3) is 0.120. The van der Waals surface area contributed by atoms with Crippen molar-refractivity contribution in [1.29, 1.82) is 0 Å². The second-order valence-corrected chi connectivity index (χ2v) is 7.83. The Kier molecular flexibility index (Phi) is 5.53. The molecule has 156 valence electrons. The molecule has 0 bridgehead atoms. The number of ether oxygens (including phenoxy) is 2. The summed E-state index contributed by atoms with van der Waals surface area (Å²) in [6, 6.07) is 17.5. The van der Waals surface area contributed by atoms with Gasteiger partial charge < -0.3 is 14.4 Å². The monoisotopic (exact) mass is 433 g/mol. The van der Waals surface area contributed by atoms with Gasteiger partial charge in [0.25, 0.3) is 0 Å². The maximum Gasteiger partial charge on any atom is 0.343 e. The number of halogens is 1. The van der Waals surface area contributed by atoms with Crippen LogP contribution >= 0.6 is 11.6 Å². The number of carbonyl (C=O) groups is 2. The van der Waals surface area contributed by atoms with Crippen LogP contribution in [0.4, 0.5) is 5.69 Å². The van der Waals surface area contributed by atoms with Crippen LogP contribution in [0.15, 0.2) is 66.4 Å². The molecule has 0 spiro atoms. The molecule has 0 atom stereocenters. The number of hydrogen-bond donors (Lipinski definition) is 0. The molecule has 4 rings (SSSR count). The van der Waals surface area contributed by atoms with E-state index in [1.807, 2.05) is 43.3 Å². The van der Waals surface area contributed by atoms with E-state index >= 15 is 0 Å². The fourth-order valence-electron chi connectivity index (χ4n) is 3.27. The number of esters is 1. The van der Waals surface area contributed by atoms with E-state index in [0.29, 0.717) is 33.2 Å². The van der Waals surface area contributed by atoms with Crippen LogP contribution in [-0.2, 0) is 0 Å². The van der Waals surface area contributed by atoms with Crippen LogP contribution in [0.3, 0.4) is 0 Å². The molecule has 0 amide bonds. The molecule has 31 heavy (non-hydrogen) atoms. The van der Waals surface area contributed by atoms with Crippen LogP contribution in [0.25, 0.3) is 6.08 Å². The molecule has 0 N–H and O–H groups in total. The second kappa shape index (κ2) is 8.28. The van der Waals surface area contributed by atoms with Gasteiger partial charge in [-0.25, -0.2) is 4.79 Å². The van der Waals surface area contributed by atoms with Gasteiger partial charge in [-0.2, -0.15) is 0 Å². The Labute approximate surface area is 185 Å². The Balaban J connectivity index is 1.58. The molecule has 1 aliphatic heterocycles. The van der Waals surface area contributed by atoms with Crippen molar-refractivity contribution in [2.24, 2.45) is 0 Å². The van der Waals surface area contributed by atoms with Crippen molar-refractivity contribution < 1.29 is 19.1 Å². The van der Waals surface area contributed by atoms with Gasteiger partial charge in [-0.15, -0.1) is 0 Å². The van der Waals surface area contributed by atoms with Crippen molar-refractivity contribution in [3.05, 3.63) is 93.7 Å². The highest BCUT2D eigenvalue weighted by atomic mass is 35.5. The van der Waals surface area contributed by atoms with Crippen LogP contribution in [-0.4, -0.2) is 25.8 Å². The average Bonchev–Trinajstić information content (AvgIpc) is 3.06. The molecule has 3 aromatic carbocycles. The molecule has 0 aromatic heterocycles. The molecule has 3 aromatic rings. The van der Waals surface area contributed by atoms with Gasteiger partial charge in [-0.05, 0) is 61.0 Å². The summed E-state index contributed by atoms with van der Waals surface area (Å²) in [5.41, 5.74) is 3.27. The molecule has 0 saturated carbocycles. The summed E-state index contributed by atoms with van der Waals surface area (Å²) in [5, 5.41) is 0.447. The van der Waals surface area contributed by atoms with Gasteiger partial charge in [0.1, 0.15) is 11.5 Å². The summed E-state index contributed by atoms with van der Waals surface area (Å²) >= 11 is 5.95. The van der Waals surface area contributed by atoms with Crippen molar-refractivity contribution in [2.45, 2.75) is 6.92 Å². The van der Waals surface area contributed by atoms with Crippen molar-refractivity contribution >= 4 is 35.1 Å². The van der Waals surface area contributed by atoms with E-state index in [9.17, 15) is 9.59 Å². The second-order valence-electron chi connectivity index (χ2n) is 7.39. The Morgan fingerprint density at radius 1 is 1.06 bits per heavy atom. The predicted octanol–water partition coefficient (Wildman–Crippen LogP) is 5.55. The van der Waals surface area contributed by atoms with E-state index in [1.54, 1.807) is 43.3 Å². The number of Topliss-reactive ketones (excluding diaryl/α,β-unsaturated/α-hetero) is 1. The minimum absolute atomic E-state index is 0.206. The van der Waals surface area contributed by atoms with E-state index in [-0.39, 0.29) is 11.5 Å². The zero-order valence-electron chi connectivity index (χ0n) is 17.3. The Bertz CT molecular complexity index is 1210. The van der Waals surface area contributed by atoms with Crippen LogP contribution in [0.1, 0.15) is 31.8 Å². The first-order valence-electron chi connectivity index (χ1n) is 9.66. The highest BCUT2D eigenvalue weighted by Crippen LogP contribution is 2.39. The summed E-state index contributed by atoms with van der Waals surface area (Å²) in [5.74, 6) is 0.216. The quantitative estimate of drug-likeness (QED) is 0.307. The fourth-order valence-corrected chi connectivity index (χ4v) is 3.46. The lowest BCUT2D eigenvalue weighted by Crippen LogP contribution is -2.09. The van der Waals surface area contributed by atoms with Gasteiger partial charge in [0.2, 0.25) is 5.78 Å². The lowest BCUT2D eigenvalue weighted by Gasteiger charge is -2.12. The third-order valence-corrected chi connectivity index (χ3v) is 5.24. The highest BCUT2D eigenvalue weighted by molar-refractivity contribution is 6.30. The first-order chi connectivity index (χ1) is 14.8. The van der Waals surface area contributed by atoms with E-state index < -0.39 is 5.97 Å². The van der Waals surface area contributed by atoms with Crippen molar-refractivity contribution in [3.63, 3.8) is 0 Å². The van der Waals surface area contributed by atoms with E-state index in [4.69, 9.17) is 21.1 Å². The molecular weight excluding hydrogens is 414 g/mol. The van der Waals surface area contributed by atoms with Gasteiger partial charge in [0.05, 0.1) is 11.1 Å². The summed E-state index contributed by atoms with van der Waals surface area (Å²) in [4.78, 5) is 27.3. The molecule has 5 nitrogen and oxygen atoms in total. The van der Waals surface area contributed by atoms with Gasteiger partial charge in [-0.1, -0.05) is 29.8 Å². The smallest absolute Gasteiger partial charge is 0.343 e. The molecule has 6 heteroatoms. The zero-order valence-corrected chi connectivity index (χ0v) is 18.1. The third-order valence-electron chi connectivity index (χ3n) is 5.01. The molecule has 1 aliphatic rings. The topological polar surface area (TPSA) is 55.8 Å². The minimum Gasteiger partial charge on any atom is -0.452 e. The summed E-state index contributed by atoms with van der Waals surface area (Å²) in [6.45, 7) is 1.75. The standard InChI is InChI=1S/C25H20ClNO4/c1-15-21(31-25(29)17-5-4-6-18(26)14-17)12-11-20-23(28)22(30-24(15)20)13-16-7-9-19(10-8-16)27(2)3/h4-14H,1-3H3/b22-13-. The van der Waals surface area contributed by atoms with Crippen molar-refractivity contribution in [2.75, 3.05) is 19.0 Å². The molecular formula is C25H20ClNO4. The van der Waals surface area contributed by atoms with E-state index in [0.717, 1.165) is 11.3 Å². The van der Waals surface area contributed by atoms with Gasteiger partial charge in [0.15, 0.2) is 5.76 Å². The lowest BCUT2D eigenvalue weighted by atomic mass is 10.1. The van der Waals surface area contributed by atoms with Crippen LogP contribution in [0.5, 0.6) is 11.5 Å². The summed E-state index contributed by atoms with van der Waals surface area (Å²) < 4.78 is 11.4. The largest absolute Gasteiger partial charge is 0.452 e. The van der Waals surface area contributed by atoms with E-state index in [2.05, 4.69) is 0 Å². The predicted molar refractivity (Wildman–Crippen MR) is 121 cm³/mol. The lowest BCUT2D eigenvalue weighted by molar-refractivity contribution is 0.0733. The van der Waals surface area contributed by atoms with Crippen molar-refractivity contribution in [1.82, 2.24) is 0 Å². The highest BCUT2D eigenvalue weighted by Gasteiger charge is 2.30. The SMILES string of the molecule is Cc1c(OC(=O)c2cccc(Cl)c2)ccc2c1O/C(=C\c1ccc(N(C)C)cc1)C2=O. The molecule has 1 heterocycles. The van der Waals surface area contributed by atoms with E-state index in [1.165, 1.54) is 6.07 Å². The maximum atomic E-state index is 12.8. The zero-order chi connectivity index (χ0) is 22.1. The number of rotatable bonds is 4. The number of benzene rings is 3. The molecule has 0 unspecified atom stereocenters. The maximum absolute atomic E-state index is 12.8. The number of hydrogen-bond acceptors (Lipinski definition) is 5. The average molecular weight is 434 g/mol. The molecule has 0 saturated heterocycles. The van der Waals surface area contributed by atoms with Gasteiger partial charge in [-0.3, -0.25) is 4.79 Å². The van der Waals surface area contributed by atoms with Crippen LogP contribution < -0.4 is 14.4 Å². The number of fused-ring (bicyclic) bond motifs is 1. The normalized spacial score (nSPS) is 13.7. The molecule has 0 aliphatic carbocycles. The number of carbonyl (C=O) groups excluding carboxylic acids is 2. The number of anilines is 1. The number of nitrogens with zero attached hydrogens (tertiary/aromatic N) is 1. The van der Waals surface area contributed by atoms with Gasteiger partial charge in [0, 0.05) is 30.4 Å². The summed E-state index contributed by atoms with van der Waals surface area (Å²) in [7, 11) is 3.93. The Morgan fingerprint density at radius 2 is 1.81 bits per heavy atom. The number of allylic oxidation sites excluding steroid dienone is 1. The molecule has 0 fully saturated rings. The summed E-state index contributed by atoms with van der Waals surface area (Å²) in [6.07, 6.45) is 1.71.